The van der Waals surface area contributed by atoms with Gasteiger partial charge in [-0.1, -0.05) is 0 Å². The highest BCUT2D eigenvalue weighted by Gasteiger charge is 2.10. The molecule has 0 atom stereocenters. The van der Waals surface area contributed by atoms with Crippen LogP contribution < -0.4 is 0 Å². The van der Waals surface area contributed by atoms with Gasteiger partial charge in [-0.2, -0.15) is 0 Å². The Morgan fingerprint density at radius 3 is 3.00 bits per heavy atom. The van der Waals surface area contributed by atoms with Gasteiger partial charge in [-0.05, 0) is 40.1 Å². The molecule has 1 aromatic carbocycles. The van der Waals surface area contributed by atoms with Gasteiger partial charge in [0.25, 0.3) is 0 Å². The Hall–Kier alpha value is -0.490. The average Bonchev–Trinajstić information content (AvgIpc) is 2.60. The lowest BCUT2D eigenvalue weighted by Gasteiger charge is -1.99. The molecule has 1 heterocycles. The highest BCUT2D eigenvalue weighted by atomic mass is 127. The van der Waals surface area contributed by atoms with Gasteiger partial charge < -0.3 is 0 Å². The number of rotatable bonds is 1. The van der Waals surface area contributed by atoms with Crippen molar-refractivity contribution in [2.45, 2.75) is 0 Å². The van der Waals surface area contributed by atoms with Crippen LogP contribution in [0.25, 0.3) is 10.1 Å². The van der Waals surface area contributed by atoms with Crippen LogP contribution in [0.3, 0.4) is 0 Å². The summed E-state index contributed by atoms with van der Waals surface area (Å²) >= 11 is 3.41. The molecule has 0 saturated carbocycles. The predicted octanol–water partition coefficient (Wildman–Crippen LogP) is 3.46. The first kappa shape index (κ1) is 9.08. The molecule has 0 amide bonds. The van der Waals surface area contributed by atoms with E-state index in [9.17, 15) is 9.18 Å². The first-order valence-electron chi connectivity index (χ1n) is 3.54. The van der Waals surface area contributed by atoms with Crippen LogP contribution in [-0.4, -0.2) is 6.29 Å². The van der Waals surface area contributed by atoms with Crippen molar-refractivity contribution in [2.24, 2.45) is 0 Å². The minimum absolute atomic E-state index is 0.312. The van der Waals surface area contributed by atoms with Gasteiger partial charge in [0.05, 0.1) is 4.70 Å². The number of aldehydes is 1. The van der Waals surface area contributed by atoms with E-state index < -0.39 is 0 Å². The number of hydrogen-bond donors (Lipinski definition) is 0. The molecule has 0 aliphatic rings. The zero-order valence-corrected chi connectivity index (χ0v) is 9.36. The summed E-state index contributed by atoms with van der Waals surface area (Å²) in [6, 6.07) is 3.12. The van der Waals surface area contributed by atoms with E-state index in [0.29, 0.717) is 16.5 Å². The summed E-state index contributed by atoms with van der Waals surface area (Å²) in [7, 11) is 0. The molecule has 0 radical (unpaired) electrons. The Balaban J connectivity index is 2.93. The van der Waals surface area contributed by atoms with Crippen LogP contribution in [0, 0.1) is 9.39 Å². The molecule has 2 aromatic rings. The maximum Gasteiger partial charge on any atom is 0.151 e. The van der Waals surface area contributed by atoms with Crippen LogP contribution in [0.1, 0.15) is 10.4 Å². The average molecular weight is 306 g/mol. The quantitative estimate of drug-likeness (QED) is 0.582. The Morgan fingerprint density at radius 1 is 1.54 bits per heavy atom. The molecule has 0 bridgehead atoms. The van der Waals surface area contributed by atoms with E-state index >= 15 is 0 Å². The van der Waals surface area contributed by atoms with Crippen molar-refractivity contribution in [1.82, 2.24) is 0 Å². The second kappa shape index (κ2) is 3.34. The van der Waals surface area contributed by atoms with Gasteiger partial charge in [0.15, 0.2) is 6.29 Å². The lowest BCUT2D eigenvalue weighted by atomic mass is 10.2. The van der Waals surface area contributed by atoms with Crippen molar-refractivity contribution in [2.75, 3.05) is 0 Å². The van der Waals surface area contributed by atoms with Gasteiger partial charge in [0, 0.05) is 14.5 Å². The number of carbonyl (C=O) groups is 1. The molecule has 0 saturated heterocycles. The number of hydrogen-bond acceptors (Lipinski definition) is 2. The summed E-state index contributed by atoms with van der Waals surface area (Å²) in [6.45, 7) is 0. The van der Waals surface area contributed by atoms with Crippen LogP contribution in [0.5, 0.6) is 0 Å². The Morgan fingerprint density at radius 2 is 2.31 bits per heavy atom. The number of benzene rings is 1. The normalized spacial score (nSPS) is 10.6. The van der Waals surface area contributed by atoms with Crippen molar-refractivity contribution in [3.05, 3.63) is 32.5 Å². The number of fused-ring (bicyclic) bond motifs is 1. The Bertz CT molecular complexity index is 478. The first-order chi connectivity index (χ1) is 6.24. The van der Waals surface area contributed by atoms with Crippen molar-refractivity contribution in [3.63, 3.8) is 0 Å². The summed E-state index contributed by atoms with van der Waals surface area (Å²) in [5, 5.41) is 2.65. The topological polar surface area (TPSA) is 17.1 Å². The van der Waals surface area contributed by atoms with E-state index in [1.165, 1.54) is 17.4 Å². The molecular weight excluding hydrogens is 302 g/mol. The van der Waals surface area contributed by atoms with Gasteiger partial charge in [-0.15, -0.1) is 11.3 Å². The van der Waals surface area contributed by atoms with Gasteiger partial charge >= 0.3 is 0 Å². The van der Waals surface area contributed by atoms with Crippen LogP contribution in [-0.2, 0) is 0 Å². The zero-order valence-electron chi connectivity index (χ0n) is 6.38. The minimum atomic E-state index is -0.312. The zero-order chi connectivity index (χ0) is 9.42. The largest absolute Gasteiger partial charge is 0.298 e. The second-order valence-corrected chi connectivity index (χ2v) is 4.54. The first-order valence-corrected chi connectivity index (χ1v) is 5.50. The molecule has 0 unspecified atom stereocenters. The fourth-order valence-electron chi connectivity index (χ4n) is 1.17. The molecule has 0 aliphatic carbocycles. The fourth-order valence-corrected chi connectivity index (χ4v) is 2.90. The number of thiophene rings is 1. The molecule has 1 aromatic heterocycles. The summed E-state index contributed by atoms with van der Waals surface area (Å²) in [6.07, 6.45) is 0.682. The van der Waals surface area contributed by atoms with Crippen molar-refractivity contribution in [3.8, 4) is 0 Å². The molecule has 2 rings (SSSR count). The third-order valence-electron chi connectivity index (χ3n) is 1.78. The van der Waals surface area contributed by atoms with E-state index in [1.54, 1.807) is 0 Å². The third kappa shape index (κ3) is 1.38. The van der Waals surface area contributed by atoms with E-state index in [2.05, 4.69) is 22.6 Å². The van der Waals surface area contributed by atoms with E-state index in [0.717, 1.165) is 8.96 Å². The Labute approximate surface area is 91.7 Å². The van der Waals surface area contributed by atoms with Crippen LogP contribution in [0.2, 0.25) is 0 Å². The molecule has 4 heteroatoms. The van der Waals surface area contributed by atoms with Crippen LogP contribution in [0.15, 0.2) is 17.5 Å². The molecule has 13 heavy (non-hydrogen) atoms. The second-order valence-electron chi connectivity index (χ2n) is 2.54. The lowest BCUT2D eigenvalue weighted by molar-refractivity contribution is 0.112. The molecule has 0 fully saturated rings. The highest BCUT2D eigenvalue weighted by molar-refractivity contribution is 14.1. The van der Waals surface area contributed by atoms with Crippen molar-refractivity contribution >= 4 is 50.3 Å². The maximum absolute atomic E-state index is 13.3. The minimum Gasteiger partial charge on any atom is -0.298 e. The van der Waals surface area contributed by atoms with Gasteiger partial charge in [-0.25, -0.2) is 4.39 Å². The third-order valence-corrected chi connectivity index (χ3v) is 3.91. The maximum atomic E-state index is 13.3. The van der Waals surface area contributed by atoms with E-state index in [4.69, 9.17) is 0 Å². The van der Waals surface area contributed by atoms with Gasteiger partial charge in [0.1, 0.15) is 5.82 Å². The van der Waals surface area contributed by atoms with E-state index in [1.807, 2.05) is 11.4 Å². The van der Waals surface area contributed by atoms with E-state index in [-0.39, 0.29) is 5.82 Å². The number of halogens is 2. The van der Waals surface area contributed by atoms with Crippen molar-refractivity contribution < 1.29 is 9.18 Å². The monoisotopic (exact) mass is 306 g/mol. The summed E-state index contributed by atoms with van der Waals surface area (Å²) in [4.78, 5) is 10.6. The highest BCUT2D eigenvalue weighted by Crippen LogP contribution is 2.30. The molecular formula is C9H4FIOS. The lowest BCUT2D eigenvalue weighted by Crippen LogP contribution is -1.88. The molecule has 0 aliphatic heterocycles. The van der Waals surface area contributed by atoms with Crippen LogP contribution in [0.4, 0.5) is 4.39 Å². The number of carbonyl (C=O) groups excluding carboxylic acids is 1. The molecule has 0 N–H and O–H groups in total. The smallest absolute Gasteiger partial charge is 0.151 e. The molecule has 66 valence electrons. The summed E-state index contributed by atoms with van der Waals surface area (Å²) < 4.78 is 14.7. The summed E-state index contributed by atoms with van der Waals surface area (Å²) in [5.74, 6) is -0.312. The van der Waals surface area contributed by atoms with Gasteiger partial charge in [0.2, 0.25) is 0 Å². The molecule has 0 spiro atoms. The Kier molecular flexibility index (Phi) is 2.33. The fraction of sp³-hybridized carbons (Fsp3) is 0. The standard InChI is InChI=1S/C9H4FIOS/c10-7-3-5(4-12)8(11)6-1-2-13-9(6)7/h1-4H. The SMILES string of the molecule is O=Cc1cc(F)c2sccc2c1I. The predicted molar refractivity (Wildman–Crippen MR) is 59.9 cm³/mol. The summed E-state index contributed by atoms with van der Waals surface area (Å²) in [5.41, 5.74) is 0.420. The van der Waals surface area contributed by atoms with Crippen molar-refractivity contribution in [1.29, 1.82) is 0 Å². The van der Waals surface area contributed by atoms with Crippen LogP contribution >= 0.6 is 33.9 Å². The van der Waals surface area contributed by atoms with Gasteiger partial charge in [-0.3, -0.25) is 4.79 Å². The molecule has 1 nitrogen and oxygen atoms in total.